The monoisotopic (exact) mass is 218 g/mol. The Kier molecular flexibility index (Phi) is 5.54. The Balaban J connectivity index is 2.20. The van der Waals surface area contributed by atoms with Crippen LogP contribution in [0.5, 0.6) is 0 Å². The molecular formula is C14H18O2. The molecule has 0 saturated carbocycles. The van der Waals surface area contributed by atoms with Crippen molar-refractivity contribution in [2.24, 2.45) is 0 Å². The number of hydrogen-bond acceptors (Lipinski definition) is 2. The van der Waals surface area contributed by atoms with Crippen LogP contribution in [0.1, 0.15) is 12.0 Å². The van der Waals surface area contributed by atoms with Crippen molar-refractivity contribution < 1.29 is 9.84 Å². The fraction of sp³-hybridized carbons (Fsp3) is 0.286. The van der Waals surface area contributed by atoms with Gasteiger partial charge in [0.2, 0.25) is 0 Å². The van der Waals surface area contributed by atoms with Gasteiger partial charge in [0, 0.05) is 6.42 Å². The number of hydrogen-bond donors (Lipinski definition) is 1. The molecule has 0 aromatic heterocycles. The van der Waals surface area contributed by atoms with Crippen LogP contribution < -0.4 is 0 Å². The summed E-state index contributed by atoms with van der Waals surface area (Å²) < 4.78 is 5.40. The van der Waals surface area contributed by atoms with Crippen molar-refractivity contribution in [1.29, 1.82) is 0 Å². The number of allylic oxidation sites excluding steroid dienone is 1. The molecule has 0 heterocycles. The fourth-order valence-corrected chi connectivity index (χ4v) is 1.33. The van der Waals surface area contributed by atoms with E-state index < -0.39 is 6.10 Å². The molecule has 0 aliphatic heterocycles. The van der Waals surface area contributed by atoms with E-state index in [4.69, 9.17) is 4.74 Å². The van der Waals surface area contributed by atoms with Crippen LogP contribution in [0, 0.1) is 0 Å². The third kappa shape index (κ3) is 4.91. The topological polar surface area (TPSA) is 29.5 Å². The molecule has 0 bridgehead atoms. The lowest BCUT2D eigenvalue weighted by atomic mass is 10.1. The molecule has 0 aliphatic rings. The highest BCUT2D eigenvalue weighted by Crippen LogP contribution is 2.06. The highest BCUT2D eigenvalue weighted by Gasteiger charge is 2.04. The minimum Gasteiger partial charge on any atom is -0.390 e. The van der Waals surface area contributed by atoms with Gasteiger partial charge in [0.05, 0.1) is 19.3 Å². The van der Waals surface area contributed by atoms with E-state index in [9.17, 15) is 5.11 Å². The average molecular weight is 218 g/mol. The smallest absolute Gasteiger partial charge is 0.0813 e. The van der Waals surface area contributed by atoms with Gasteiger partial charge in [-0.15, -0.1) is 0 Å². The van der Waals surface area contributed by atoms with Gasteiger partial charge in [-0.2, -0.15) is 0 Å². The fourth-order valence-electron chi connectivity index (χ4n) is 1.33. The van der Waals surface area contributed by atoms with Crippen molar-refractivity contribution in [3.63, 3.8) is 0 Å². The summed E-state index contributed by atoms with van der Waals surface area (Å²) in [6.45, 7) is 8.18. The number of ether oxygens (including phenoxy) is 1. The molecule has 86 valence electrons. The predicted molar refractivity (Wildman–Crippen MR) is 66.1 cm³/mol. The molecule has 0 amide bonds. The number of aliphatic hydroxyl groups is 1. The molecule has 1 aromatic carbocycles. The summed E-state index contributed by atoms with van der Waals surface area (Å²) in [5.74, 6) is 0. The lowest BCUT2D eigenvalue weighted by Gasteiger charge is -2.11. The van der Waals surface area contributed by atoms with Crippen LogP contribution in [-0.2, 0) is 11.3 Å². The van der Waals surface area contributed by atoms with Crippen molar-refractivity contribution in [2.45, 2.75) is 19.1 Å². The van der Waals surface area contributed by atoms with E-state index in [1.165, 1.54) is 0 Å². The Labute approximate surface area is 96.9 Å². The minimum atomic E-state index is -0.505. The maximum Gasteiger partial charge on any atom is 0.0813 e. The van der Waals surface area contributed by atoms with Crippen LogP contribution >= 0.6 is 0 Å². The summed E-state index contributed by atoms with van der Waals surface area (Å²) >= 11 is 0. The van der Waals surface area contributed by atoms with Crippen molar-refractivity contribution in [3.8, 4) is 0 Å². The van der Waals surface area contributed by atoms with Crippen LogP contribution in [0.3, 0.4) is 0 Å². The van der Waals surface area contributed by atoms with E-state index >= 15 is 0 Å². The van der Waals surface area contributed by atoms with Crippen LogP contribution in [0.15, 0.2) is 55.1 Å². The molecule has 2 heteroatoms. The largest absolute Gasteiger partial charge is 0.390 e. The molecule has 0 fully saturated rings. The van der Waals surface area contributed by atoms with Gasteiger partial charge < -0.3 is 9.84 Å². The minimum absolute atomic E-state index is 0.321. The van der Waals surface area contributed by atoms with E-state index in [1.54, 1.807) is 6.08 Å². The molecule has 1 unspecified atom stereocenters. The second kappa shape index (κ2) is 6.99. The third-order valence-corrected chi connectivity index (χ3v) is 2.21. The van der Waals surface area contributed by atoms with Gasteiger partial charge in [-0.1, -0.05) is 55.1 Å². The first-order chi connectivity index (χ1) is 7.72. The third-order valence-electron chi connectivity index (χ3n) is 2.21. The second-order valence-corrected chi connectivity index (χ2v) is 3.72. The highest BCUT2D eigenvalue weighted by atomic mass is 16.5. The van der Waals surface area contributed by atoms with Gasteiger partial charge in [-0.05, 0) is 5.56 Å². The van der Waals surface area contributed by atoms with Crippen molar-refractivity contribution >= 4 is 0 Å². The molecule has 1 aromatic rings. The maximum absolute atomic E-state index is 9.60. The van der Waals surface area contributed by atoms with Gasteiger partial charge in [0.25, 0.3) is 0 Å². The van der Waals surface area contributed by atoms with E-state index in [-0.39, 0.29) is 0 Å². The molecule has 0 radical (unpaired) electrons. The molecule has 1 atom stereocenters. The van der Waals surface area contributed by atoms with E-state index in [0.717, 1.165) is 11.1 Å². The van der Waals surface area contributed by atoms with Crippen molar-refractivity contribution in [3.05, 3.63) is 60.7 Å². The zero-order valence-corrected chi connectivity index (χ0v) is 9.43. The molecule has 0 saturated heterocycles. The molecule has 1 rings (SSSR count). The Hall–Kier alpha value is -1.38. The van der Waals surface area contributed by atoms with Crippen LogP contribution in [0.2, 0.25) is 0 Å². The summed E-state index contributed by atoms with van der Waals surface area (Å²) in [6, 6.07) is 9.89. The average Bonchev–Trinajstić information content (AvgIpc) is 2.30. The Morgan fingerprint density at radius 1 is 1.38 bits per heavy atom. The first-order valence-corrected chi connectivity index (χ1v) is 5.32. The van der Waals surface area contributed by atoms with Gasteiger partial charge in [0.15, 0.2) is 0 Å². The number of benzene rings is 1. The zero-order chi connectivity index (χ0) is 11.8. The lowest BCUT2D eigenvalue weighted by molar-refractivity contribution is 0.0293. The summed E-state index contributed by atoms with van der Waals surface area (Å²) in [7, 11) is 0. The summed E-state index contributed by atoms with van der Waals surface area (Å²) in [5.41, 5.74) is 1.94. The molecule has 1 N–H and O–H groups in total. The van der Waals surface area contributed by atoms with Crippen LogP contribution in [0.25, 0.3) is 0 Å². The maximum atomic E-state index is 9.60. The van der Waals surface area contributed by atoms with Gasteiger partial charge in [-0.3, -0.25) is 0 Å². The highest BCUT2D eigenvalue weighted by molar-refractivity contribution is 5.13. The normalized spacial score (nSPS) is 12.1. The predicted octanol–water partition coefficient (Wildman–Crippen LogP) is 2.70. The second-order valence-electron chi connectivity index (χ2n) is 3.72. The first-order valence-electron chi connectivity index (χ1n) is 5.32. The number of aliphatic hydroxyl groups excluding tert-OH is 1. The lowest BCUT2D eigenvalue weighted by Crippen LogP contribution is -2.15. The van der Waals surface area contributed by atoms with Gasteiger partial charge in [0.1, 0.15) is 0 Å². The standard InChI is InChI=1S/C14H18O2/c1-3-12(2)9-14(15)11-16-10-13-7-5-4-6-8-13/h3-8,14-15H,1-2,9-11H2. The molecule has 0 aliphatic carbocycles. The van der Waals surface area contributed by atoms with E-state index in [1.807, 2.05) is 30.3 Å². The number of rotatable bonds is 7. The Bertz CT molecular complexity index is 330. The Morgan fingerprint density at radius 3 is 2.69 bits per heavy atom. The van der Waals surface area contributed by atoms with Crippen molar-refractivity contribution in [1.82, 2.24) is 0 Å². The van der Waals surface area contributed by atoms with E-state index in [2.05, 4.69) is 13.2 Å². The first kappa shape index (κ1) is 12.7. The van der Waals surface area contributed by atoms with Gasteiger partial charge in [-0.25, -0.2) is 0 Å². The summed E-state index contributed by atoms with van der Waals surface area (Å²) in [6.07, 6.45) is 1.66. The SMILES string of the molecule is C=CC(=C)CC(O)COCc1ccccc1. The zero-order valence-electron chi connectivity index (χ0n) is 9.43. The van der Waals surface area contributed by atoms with E-state index in [0.29, 0.717) is 19.6 Å². The summed E-state index contributed by atoms with van der Waals surface area (Å²) in [4.78, 5) is 0. The summed E-state index contributed by atoms with van der Waals surface area (Å²) in [5, 5.41) is 9.60. The van der Waals surface area contributed by atoms with Crippen LogP contribution in [-0.4, -0.2) is 17.8 Å². The molecule has 0 spiro atoms. The molecule has 2 nitrogen and oxygen atoms in total. The van der Waals surface area contributed by atoms with Gasteiger partial charge >= 0.3 is 0 Å². The molecule has 16 heavy (non-hydrogen) atoms. The van der Waals surface area contributed by atoms with Crippen LogP contribution in [0.4, 0.5) is 0 Å². The Morgan fingerprint density at radius 2 is 2.06 bits per heavy atom. The quantitative estimate of drug-likeness (QED) is 0.713. The van der Waals surface area contributed by atoms with Crippen molar-refractivity contribution in [2.75, 3.05) is 6.61 Å². The molecular weight excluding hydrogens is 200 g/mol.